The third kappa shape index (κ3) is 2.72. The maximum atomic E-state index is 12.0. The molecule has 0 aliphatic carbocycles. The highest BCUT2D eigenvalue weighted by Gasteiger charge is 2.25. The van der Waals surface area contributed by atoms with Crippen molar-refractivity contribution in [2.24, 2.45) is 0 Å². The Morgan fingerprint density at radius 1 is 1.55 bits per heavy atom. The van der Waals surface area contributed by atoms with Gasteiger partial charge in [0.05, 0.1) is 5.69 Å². The van der Waals surface area contributed by atoms with Crippen LogP contribution in [0.15, 0.2) is 30.9 Å². The smallest absolute Gasteiger partial charge is 0.265 e. The number of benzene rings is 1. The summed E-state index contributed by atoms with van der Waals surface area (Å²) in [5, 5.41) is 0. The zero-order chi connectivity index (χ0) is 14.5. The summed E-state index contributed by atoms with van der Waals surface area (Å²) in [6.45, 7) is 4.03. The Hall–Kier alpha value is -2.54. The molecule has 4 nitrogen and oxygen atoms in total. The zero-order valence-corrected chi connectivity index (χ0v) is 11.1. The standard InChI is InChI=1S/C16H15NO3/c1-3-5-6-14(18)12-7-8-15-13(10-12)17(9-4-2)16(19)11-20-15/h1,4,7-8,10H,2,5-6,9,11H2. The van der Waals surface area contributed by atoms with E-state index in [1.165, 1.54) is 0 Å². The number of amides is 1. The van der Waals surface area contributed by atoms with E-state index in [1.54, 1.807) is 29.2 Å². The van der Waals surface area contributed by atoms with Crippen molar-refractivity contribution in [1.29, 1.82) is 0 Å². The number of ether oxygens (including phenoxy) is 1. The van der Waals surface area contributed by atoms with Crippen molar-refractivity contribution < 1.29 is 14.3 Å². The molecule has 0 saturated heterocycles. The number of anilines is 1. The predicted molar refractivity (Wildman–Crippen MR) is 76.9 cm³/mol. The van der Waals surface area contributed by atoms with E-state index in [0.717, 1.165) is 0 Å². The molecule has 0 unspecified atom stereocenters. The summed E-state index contributed by atoms with van der Waals surface area (Å²) in [4.78, 5) is 25.4. The molecule has 20 heavy (non-hydrogen) atoms. The zero-order valence-electron chi connectivity index (χ0n) is 11.1. The van der Waals surface area contributed by atoms with Crippen molar-refractivity contribution in [3.05, 3.63) is 36.4 Å². The van der Waals surface area contributed by atoms with Crippen molar-refractivity contribution in [2.45, 2.75) is 12.8 Å². The summed E-state index contributed by atoms with van der Waals surface area (Å²) in [5.41, 5.74) is 1.14. The summed E-state index contributed by atoms with van der Waals surface area (Å²) >= 11 is 0. The summed E-state index contributed by atoms with van der Waals surface area (Å²) < 4.78 is 5.36. The minimum absolute atomic E-state index is 0.00519. The highest BCUT2D eigenvalue weighted by molar-refractivity contribution is 6.02. The third-order valence-electron chi connectivity index (χ3n) is 3.03. The number of carbonyl (C=O) groups is 2. The maximum Gasteiger partial charge on any atom is 0.265 e. The normalized spacial score (nSPS) is 13.2. The first-order valence-electron chi connectivity index (χ1n) is 6.32. The van der Waals surface area contributed by atoms with Crippen LogP contribution in [0.2, 0.25) is 0 Å². The highest BCUT2D eigenvalue weighted by Crippen LogP contribution is 2.33. The molecule has 0 aromatic heterocycles. The van der Waals surface area contributed by atoms with Crippen LogP contribution in [0, 0.1) is 12.3 Å². The molecule has 0 radical (unpaired) electrons. The first-order chi connectivity index (χ1) is 9.67. The second-order valence-corrected chi connectivity index (χ2v) is 4.39. The van der Waals surface area contributed by atoms with Gasteiger partial charge in [0, 0.05) is 24.9 Å². The van der Waals surface area contributed by atoms with Gasteiger partial charge in [-0.15, -0.1) is 18.9 Å². The number of nitrogens with zero attached hydrogens (tertiary/aromatic N) is 1. The quantitative estimate of drug-likeness (QED) is 0.467. The van der Waals surface area contributed by atoms with E-state index in [9.17, 15) is 9.59 Å². The fourth-order valence-corrected chi connectivity index (χ4v) is 2.03. The van der Waals surface area contributed by atoms with Crippen molar-refractivity contribution >= 4 is 17.4 Å². The Labute approximate surface area is 118 Å². The molecule has 102 valence electrons. The van der Waals surface area contributed by atoms with E-state index in [0.29, 0.717) is 36.4 Å². The number of rotatable bonds is 5. The molecule has 0 saturated carbocycles. The monoisotopic (exact) mass is 269 g/mol. The van der Waals surface area contributed by atoms with E-state index in [4.69, 9.17) is 11.2 Å². The average Bonchev–Trinajstić information content (AvgIpc) is 2.47. The molecule has 0 fully saturated rings. The number of hydrogen-bond acceptors (Lipinski definition) is 3. The van der Waals surface area contributed by atoms with Gasteiger partial charge in [0.15, 0.2) is 12.4 Å². The summed E-state index contributed by atoms with van der Waals surface area (Å²) in [6.07, 6.45) is 7.50. The second kappa shape index (κ2) is 6.07. The first kappa shape index (κ1) is 13.9. The molecular formula is C16H15NO3. The molecule has 1 aromatic carbocycles. The van der Waals surface area contributed by atoms with Gasteiger partial charge in [0.25, 0.3) is 5.91 Å². The van der Waals surface area contributed by atoms with Crippen molar-refractivity contribution in [1.82, 2.24) is 0 Å². The SMILES string of the molecule is C#CCCC(=O)c1ccc2c(c1)N(CC=C)C(=O)CO2. The van der Waals surface area contributed by atoms with Gasteiger partial charge in [-0.05, 0) is 18.2 Å². The molecule has 0 atom stereocenters. The Morgan fingerprint density at radius 3 is 3.05 bits per heavy atom. The second-order valence-electron chi connectivity index (χ2n) is 4.39. The van der Waals surface area contributed by atoms with Crippen LogP contribution in [-0.2, 0) is 4.79 Å². The van der Waals surface area contributed by atoms with Gasteiger partial charge in [-0.3, -0.25) is 9.59 Å². The van der Waals surface area contributed by atoms with Gasteiger partial charge >= 0.3 is 0 Å². The third-order valence-corrected chi connectivity index (χ3v) is 3.03. The lowest BCUT2D eigenvalue weighted by Crippen LogP contribution is -2.38. The molecule has 1 amide bonds. The van der Waals surface area contributed by atoms with E-state index < -0.39 is 0 Å². The minimum atomic E-state index is -0.148. The van der Waals surface area contributed by atoms with Crippen LogP contribution in [0.1, 0.15) is 23.2 Å². The Balaban J connectivity index is 2.33. The lowest BCUT2D eigenvalue weighted by molar-refractivity contribution is -0.121. The summed E-state index contributed by atoms with van der Waals surface area (Å²) in [6, 6.07) is 5.08. The molecule has 0 spiro atoms. The van der Waals surface area contributed by atoms with Crippen LogP contribution in [-0.4, -0.2) is 24.8 Å². The van der Waals surface area contributed by atoms with Gasteiger partial charge < -0.3 is 9.64 Å². The molecule has 1 aliphatic rings. The molecule has 1 aromatic rings. The number of terminal acetylenes is 1. The van der Waals surface area contributed by atoms with Crippen LogP contribution < -0.4 is 9.64 Å². The molecular weight excluding hydrogens is 254 g/mol. The fraction of sp³-hybridized carbons (Fsp3) is 0.250. The fourth-order valence-electron chi connectivity index (χ4n) is 2.03. The van der Waals surface area contributed by atoms with Crippen molar-refractivity contribution in [2.75, 3.05) is 18.1 Å². The minimum Gasteiger partial charge on any atom is -0.482 e. The Kier molecular flexibility index (Phi) is 4.21. The van der Waals surface area contributed by atoms with Gasteiger partial charge in [-0.1, -0.05) is 6.08 Å². The molecule has 4 heteroatoms. The van der Waals surface area contributed by atoms with Gasteiger partial charge in [0.1, 0.15) is 5.75 Å². The average molecular weight is 269 g/mol. The van der Waals surface area contributed by atoms with Crippen LogP contribution >= 0.6 is 0 Å². The van der Waals surface area contributed by atoms with Gasteiger partial charge in [-0.2, -0.15) is 0 Å². The molecule has 1 heterocycles. The Bertz CT molecular complexity index is 598. The lowest BCUT2D eigenvalue weighted by atomic mass is 10.0. The van der Waals surface area contributed by atoms with Crippen molar-refractivity contribution in [3.8, 4) is 18.1 Å². The number of carbonyl (C=O) groups excluding carboxylic acids is 2. The maximum absolute atomic E-state index is 12.0. The van der Waals surface area contributed by atoms with E-state index in [-0.39, 0.29) is 18.3 Å². The summed E-state index contributed by atoms with van der Waals surface area (Å²) in [5.74, 6) is 2.85. The highest BCUT2D eigenvalue weighted by atomic mass is 16.5. The van der Waals surface area contributed by atoms with Gasteiger partial charge in [0.2, 0.25) is 0 Å². The predicted octanol–water partition coefficient (Wildman–Crippen LogP) is 2.19. The number of fused-ring (bicyclic) bond motifs is 1. The van der Waals surface area contributed by atoms with E-state index in [2.05, 4.69) is 12.5 Å². The molecule has 2 rings (SSSR count). The van der Waals surface area contributed by atoms with Crippen LogP contribution in [0.25, 0.3) is 0 Å². The number of ketones is 1. The van der Waals surface area contributed by atoms with Gasteiger partial charge in [-0.25, -0.2) is 0 Å². The van der Waals surface area contributed by atoms with E-state index >= 15 is 0 Å². The topological polar surface area (TPSA) is 46.6 Å². The van der Waals surface area contributed by atoms with Crippen molar-refractivity contribution in [3.63, 3.8) is 0 Å². The largest absolute Gasteiger partial charge is 0.482 e. The Morgan fingerprint density at radius 2 is 2.35 bits per heavy atom. The van der Waals surface area contributed by atoms with Crippen LogP contribution in [0.5, 0.6) is 5.75 Å². The molecule has 1 aliphatic heterocycles. The number of Topliss-reactive ketones (excluding diaryl/α,β-unsaturated/α-hetero) is 1. The molecule has 0 bridgehead atoms. The van der Waals surface area contributed by atoms with E-state index in [1.807, 2.05) is 0 Å². The lowest BCUT2D eigenvalue weighted by Gasteiger charge is -2.28. The van der Waals surface area contributed by atoms with Crippen LogP contribution in [0.4, 0.5) is 5.69 Å². The first-order valence-corrected chi connectivity index (χ1v) is 6.32. The number of hydrogen-bond donors (Lipinski definition) is 0. The summed E-state index contributed by atoms with van der Waals surface area (Å²) in [7, 11) is 0. The van der Waals surface area contributed by atoms with Crippen LogP contribution in [0.3, 0.4) is 0 Å². The molecule has 0 N–H and O–H groups in total.